The summed E-state index contributed by atoms with van der Waals surface area (Å²) in [6.07, 6.45) is -0.520. The number of carbonyl (C=O) groups is 2. The van der Waals surface area contributed by atoms with Gasteiger partial charge in [0, 0.05) is 5.69 Å². The number of aryl methyl sites for hydroxylation is 1. The van der Waals surface area contributed by atoms with Crippen molar-refractivity contribution in [2.75, 3.05) is 5.01 Å². The predicted molar refractivity (Wildman–Crippen MR) is 134 cm³/mol. The van der Waals surface area contributed by atoms with Gasteiger partial charge < -0.3 is 4.74 Å². The molecule has 0 saturated heterocycles. The third-order valence-electron chi connectivity index (χ3n) is 5.65. The number of nitrogens with one attached hydrogen (secondary N) is 2. The molecule has 1 atom stereocenters. The van der Waals surface area contributed by atoms with E-state index in [1.807, 2.05) is 31.2 Å². The fraction of sp³-hybridized carbons (Fsp3) is 0.308. The molecular weight excluding hydrogens is 446 g/mol. The smallest absolute Gasteiger partial charge is 0.409 e. The van der Waals surface area contributed by atoms with E-state index < -0.39 is 28.7 Å². The number of ether oxygens (including phenoxy) is 1. The summed E-state index contributed by atoms with van der Waals surface area (Å²) in [5.41, 5.74) is -1.15. The molecule has 0 unspecified atom stereocenters. The van der Waals surface area contributed by atoms with Gasteiger partial charge in [-0.25, -0.2) is 9.48 Å². The first-order chi connectivity index (χ1) is 16.6. The van der Waals surface area contributed by atoms with Gasteiger partial charge in [0.2, 0.25) is 0 Å². The molecule has 2 heterocycles. The third-order valence-corrected chi connectivity index (χ3v) is 5.65. The quantitative estimate of drug-likeness (QED) is 0.581. The monoisotopic (exact) mass is 475 g/mol. The highest BCUT2D eigenvalue weighted by atomic mass is 16.6. The number of hydrogen-bond donors (Lipinski definition) is 2. The second-order valence-electron chi connectivity index (χ2n) is 9.32. The van der Waals surface area contributed by atoms with Crippen molar-refractivity contribution >= 4 is 23.4 Å². The molecule has 0 radical (unpaired) electrons. The Morgan fingerprint density at radius 1 is 1.03 bits per heavy atom. The van der Waals surface area contributed by atoms with Crippen LogP contribution in [0.5, 0.6) is 0 Å². The molecule has 0 fully saturated rings. The molecule has 9 nitrogen and oxygen atoms in total. The number of hydrogen-bond acceptors (Lipinski definition) is 5. The second kappa shape index (κ2) is 8.90. The van der Waals surface area contributed by atoms with Crippen molar-refractivity contribution in [2.24, 2.45) is 5.10 Å². The van der Waals surface area contributed by atoms with Crippen LogP contribution in [-0.4, -0.2) is 33.1 Å². The SMILES string of the molecule is CCC1=NN(c2ccccc2)C(=O)[C@]1(NC(=O)OC(C)(C)C)c1c(C)[nH]n(-c2ccccc2)c1=O. The summed E-state index contributed by atoms with van der Waals surface area (Å²) >= 11 is 0. The minimum Gasteiger partial charge on any atom is -0.444 e. The van der Waals surface area contributed by atoms with Gasteiger partial charge in [-0.2, -0.15) is 10.1 Å². The molecule has 3 aromatic rings. The second-order valence-corrected chi connectivity index (χ2v) is 9.32. The van der Waals surface area contributed by atoms with Gasteiger partial charge in [-0.05, 0) is 58.4 Å². The Morgan fingerprint density at radius 3 is 2.14 bits per heavy atom. The third kappa shape index (κ3) is 4.25. The van der Waals surface area contributed by atoms with Crippen molar-refractivity contribution in [2.45, 2.75) is 52.2 Å². The molecule has 9 heteroatoms. The average molecular weight is 476 g/mol. The molecule has 0 bridgehead atoms. The number of hydrazone groups is 1. The molecule has 182 valence electrons. The van der Waals surface area contributed by atoms with Gasteiger partial charge in [0.05, 0.1) is 22.6 Å². The van der Waals surface area contributed by atoms with Crippen molar-refractivity contribution in [1.82, 2.24) is 15.1 Å². The lowest BCUT2D eigenvalue weighted by Gasteiger charge is -2.30. The van der Waals surface area contributed by atoms with E-state index in [0.717, 1.165) is 0 Å². The number of benzene rings is 2. The van der Waals surface area contributed by atoms with Gasteiger partial charge in [0.15, 0.2) is 5.54 Å². The van der Waals surface area contributed by atoms with Crippen LogP contribution >= 0.6 is 0 Å². The maximum atomic E-state index is 14.1. The zero-order valence-corrected chi connectivity index (χ0v) is 20.5. The van der Waals surface area contributed by atoms with Gasteiger partial charge in [-0.1, -0.05) is 43.3 Å². The van der Waals surface area contributed by atoms with Gasteiger partial charge in [-0.3, -0.25) is 20.0 Å². The normalized spacial score (nSPS) is 17.9. The first kappa shape index (κ1) is 24.0. The zero-order valence-electron chi connectivity index (χ0n) is 20.5. The maximum Gasteiger partial charge on any atom is 0.409 e. The first-order valence-corrected chi connectivity index (χ1v) is 11.4. The molecule has 0 aliphatic carbocycles. The summed E-state index contributed by atoms with van der Waals surface area (Å²) in [6.45, 7) is 8.70. The van der Waals surface area contributed by atoms with Crippen LogP contribution in [0.4, 0.5) is 10.5 Å². The van der Waals surface area contributed by atoms with Crippen molar-refractivity contribution < 1.29 is 14.3 Å². The minimum atomic E-state index is -1.84. The Labute approximate surface area is 203 Å². The molecule has 0 spiro atoms. The molecule has 2 N–H and O–H groups in total. The lowest BCUT2D eigenvalue weighted by molar-refractivity contribution is -0.122. The Kier molecular flexibility index (Phi) is 6.10. The largest absolute Gasteiger partial charge is 0.444 e. The molecule has 35 heavy (non-hydrogen) atoms. The standard InChI is InChI=1S/C26H29N5O4/c1-6-20-26(27-24(34)35-25(3,4)5,23(33)31(29-20)19-15-11-8-12-16-19)21-17(2)28-30(22(21)32)18-13-9-7-10-14-18/h7-16,28H,6H2,1-5H3,(H,27,34)/t26-/m1/s1. The number of H-pyrrole nitrogens is 1. The van der Waals surface area contributed by atoms with Crippen LogP contribution in [-0.2, 0) is 15.1 Å². The number of nitrogens with zero attached hydrogens (tertiary/aromatic N) is 3. The fourth-order valence-electron chi connectivity index (χ4n) is 4.25. The van der Waals surface area contributed by atoms with E-state index in [9.17, 15) is 14.4 Å². The van der Waals surface area contributed by atoms with Gasteiger partial charge in [0.25, 0.3) is 11.5 Å². The van der Waals surface area contributed by atoms with Crippen molar-refractivity contribution in [1.29, 1.82) is 0 Å². The number of anilines is 1. The Morgan fingerprint density at radius 2 is 1.60 bits per heavy atom. The number of aromatic amines is 1. The van der Waals surface area contributed by atoms with E-state index >= 15 is 0 Å². The van der Waals surface area contributed by atoms with E-state index in [2.05, 4.69) is 15.5 Å². The fourth-order valence-corrected chi connectivity index (χ4v) is 4.25. The van der Waals surface area contributed by atoms with Crippen molar-refractivity contribution in [3.05, 3.63) is 82.3 Å². The van der Waals surface area contributed by atoms with E-state index in [4.69, 9.17) is 4.74 Å². The van der Waals surface area contributed by atoms with Crippen LogP contribution in [0.3, 0.4) is 0 Å². The summed E-state index contributed by atoms with van der Waals surface area (Å²) in [5, 5.41) is 11.6. The lowest BCUT2D eigenvalue weighted by Crippen LogP contribution is -2.59. The lowest BCUT2D eigenvalue weighted by atomic mass is 9.83. The summed E-state index contributed by atoms with van der Waals surface area (Å²) in [7, 11) is 0. The van der Waals surface area contributed by atoms with Crippen LogP contribution in [0, 0.1) is 6.92 Å². The Balaban J connectivity index is 1.93. The number of rotatable bonds is 5. The molecule has 1 aromatic heterocycles. The Hall–Kier alpha value is -4.14. The molecule has 2 aromatic carbocycles. The van der Waals surface area contributed by atoms with Crippen LogP contribution in [0.1, 0.15) is 45.4 Å². The molecule has 4 rings (SSSR count). The van der Waals surface area contributed by atoms with Gasteiger partial charge in [-0.15, -0.1) is 0 Å². The molecular formula is C26H29N5O4. The molecule has 1 aliphatic heterocycles. The van der Waals surface area contributed by atoms with E-state index in [1.165, 1.54) is 9.69 Å². The highest BCUT2D eigenvalue weighted by Gasteiger charge is 2.57. The number of alkyl carbamates (subject to hydrolysis) is 1. The topological polar surface area (TPSA) is 109 Å². The number of para-hydroxylation sites is 2. The molecule has 0 saturated carbocycles. The van der Waals surface area contributed by atoms with Gasteiger partial charge in [0.1, 0.15) is 5.60 Å². The minimum absolute atomic E-state index is 0.0937. The van der Waals surface area contributed by atoms with Crippen LogP contribution in [0.15, 0.2) is 70.6 Å². The zero-order chi connectivity index (χ0) is 25.4. The number of aromatic nitrogens is 2. The molecule has 1 aliphatic rings. The highest BCUT2D eigenvalue weighted by Crippen LogP contribution is 2.36. The van der Waals surface area contributed by atoms with Gasteiger partial charge >= 0.3 is 6.09 Å². The Bertz CT molecular complexity index is 1340. The maximum absolute atomic E-state index is 14.1. The molecule has 2 amide bonds. The van der Waals surface area contributed by atoms with Crippen LogP contribution in [0.25, 0.3) is 5.69 Å². The first-order valence-electron chi connectivity index (χ1n) is 11.4. The number of amides is 2. The number of carbonyl (C=O) groups excluding carboxylic acids is 2. The average Bonchev–Trinajstić information content (AvgIpc) is 3.26. The van der Waals surface area contributed by atoms with E-state index in [-0.39, 0.29) is 5.56 Å². The van der Waals surface area contributed by atoms with Crippen LogP contribution in [0.2, 0.25) is 0 Å². The van der Waals surface area contributed by atoms with Crippen molar-refractivity contribution in [3.8, 4) is 5.69 Å². The predicted octanol–water partition coefficient (Wildman–Crippen LogP) is 4.01. The highest BCUT2D eigenvalue weighted by molar-refractivity contribution is 6.24. The summed E-state index contributed by atoms with van der Waals surface area (Å²) in [4.78, 5) is 41.0. The summed E-state index contributed by atoms with van der Waals surface area (Å²) < 4.78 is 6.86. The summed E-state index contributed by atoms with van der Waals surface area (Å²) in [5.74, 6) is -0.564. The van der Waals surface area contributed by atoms with Crippen molar-refractivity contribution in [3.63, 3.8) is 0 Å². The van der Waals surface area contributed by atoms with E-state index in [0.29, 0.717) is 29.2 Å². The summed E-state index contributed by atoms with van der Waals surface area (Å²) in [6, 6.07) is 17.9. The van der Waals surface area contributed by atoms with Crippen LogP contribution < -0.4 is 15.9 Å². The van der Waals surface area contributed by atoms with E-state index in [1.54, 1.807) is 64.1 Å².